The van der Waals surface area contributed by atoms with Crippen molar-refractivity contribution in [3.63, 3.8) is 0 Å². The molecule has 6 N–H and O–H groups in total. The highest BCUT2D eigenvalue weighted by atomic mass is 19.4. The van der Waals surface area contributed by atoms with Gasteiger partial charge in [0.2, 0.25) is 17.6 Å². The molecule has 4 saturated heterocycles. The topological polar surface area (TPSA) is 146 Å². The molecule has 0 unspecified atom stereocenters. The van der Waals surface area contributed by atoms with E-state index >= 15 is 0 Å². The zero-order valence-electron chi connectivity index (χ0n) is 21.0. The Morgan fingerprint density at radius 3 is 2.27 bits per heavy atom. The fourth-order valence-electron chi connectivity index (χ4n) is 5.91. The van der Waals surface area contributed by atoms with Crippen molar-refractivity contribution in [2.75, 3.05) is 13.1 Å². The Balaban J connectivity index is 1.49. The average Bonchev–Trinajstić information content (AvgIpc) is 3.45. The summed E-state index contributed by atoms with van der Waals surface area (Å²) < 4.78 is 80.6. The van der Waals surface area contributed by atoms with Crippen molar-refractivity contribution in [2.45, 2.75) is 54.8 Å². The quantitative estimate of drug-likeness (QED) is 0.164. The molecule has 0 bridgehead atoms. The van der Waals surface area contributed by atoms with Crippen LogP contribution >= 0.6 is 0 Å². The van der Waals surface area contributed by atoms with Crippen molar-refractivity contribution < 1.29 is 50.9 Å². The molecule has 4 atom stereocenters. The number of imide groups is 1. The number of alkyl halides is 6. The Hall–Kier alpha value is -3.99. The third kappa shape index (κ3) is 4.34. The molecular weight excluding hydrogens is 566 g/mol. The Morgan fingerprint density at radius 2 is 1.68 bits per heavy atom. The molecule has 4 fully saturated rings. The van der Waals surface area contributed by atoms with Crippen LogP contribution in [0.3, 0.4) is 0 Å². The summed E-state index contributed by atoms with van der Waals surface area (Å²) in [7, 11) is 0. The van der Waals surface area contributed by atoms with Crippen LogP contribution < -0.4 is 21.3 Å². The molecule has 17 heteroatoms. The smallest absolute Gasteiger partial charge is 0.365 e. The van der Waals surface area contributed by atoms with Crippen molar-refractivity contribution in [1.29, 1.82) is 0 Å². The van der Waals surface area contributed by atoms with Crippen molar-refractivity contribution in [3.05, 3.63) is 59.7 Å². The summed E-state index contributed by atoms with van der Waals surface area (Å²) >= 11 is 0. The minimum absolute atomic E-state index is 0.000315. The number of amides is 3. The zero-order chi connectivity index (χ0) is 30.3. The fraction of sp³-hybridized carbons (Fsp3) is 0.458. The van der Waals surface area contributed by atoms with Crippen molar-refractivity contribution >= 4 is 17.7 Å². The third-order valence-corrected chi connectivity index (χ3v) is 7.78. The van der Waals surface area contributed by atoms with E-state index in [1.54, 1.807) is 0 Å². The number of hydrogen-bond acceptors (Lipinski definition) is 9. The van der Waals surface area contributed by atoms with E-state index in [4.69, 9.17) is 0 Å². The first-order valence-corrected chi connectivity index (χ1v) is 12.2. The van der Waals surface area contributed by atoms with Gasteiger partial charge in [0.1, 0.15) is 6.04 Å². The van der Waals surface area contributed by atoms with Crippen LogP contribution in [0.2, 0.25) is 0 Å². The number of nitrogens with one attached hydrogen (secondary N) is 4. The molecule has 41 heavy (non-hydrogen) atoms. The number of carbonyl (C=O) groups is 3. The highest BCUT2D eigenvalue weighted by molar-refractivity contribution is 6.02. The number of carbonyl (C=O) groups excluding carboxylic acids is 3. The molecule has 4 aliphatic rings. The molecule has 4 heterocycles. The summed E-state index contributed by atoms with van der Waals surface area (Å²) in [4.78, 5) is 39.8. The molecule has 0 aromatic heterocycles. The van der Waals surface area contributed by atoms with Gasteiger partial charge in [-0.2, -0.15) is 26.3 Å². The maximum absolute atomic E-state index is 13.6. The first-order chi connectivity index (χ1) is 18.9. The Bertz CT molecular complexity index is 1350. The van der Waals surface area contributed by atoms with Crippen LogP contribution in [0.15, 0.2) is 43.0 Å². The van der Waals surface area contributed by atoms with E-state index in [1.807, 2.05) is 5.32 Å². The van der Waals surface area contributed by atoms with Crippen molar-refractivity contribution in [3.8, 4) is 0 Å². The first kappa shape index (κ1) is 28.5. The summed E-state index contributed by atoms with van der Waals surface area (Å²) in [6.45, 7) is 6.88. The summed E-state index contributed by atoms with van der Waals surface area (Å²) in [5.74, 6) is -5.43. The number of hydrogen-bond donors (Lipinski definition) is 6. The van der Waals surface area contributed by atoms with E-state index in [1.165, 1.54) is 4.90 Å². The molecule has 1 aromatic carbocycles. The van der Waals surface area contributed by atoms with E-state index in [-0.39, 0.29) is 49.2 Å². The average molecular weight is 590 g/mol. The lowest BCUT2D eigenvalue weighted by molar-refractivity contribution is -0.238. The molecule has 1 spiro atoms. The van der Waals surface area contributed by atoms with Gasteiger partial charge in [-0.15, -0.1) is 0 Å². The van der Waals surface area contributed by atoms with Crippen LogP contribution in [-0.2, 0) is 21.9 Å². The minimum atomic E-state index is -5.20. The van der Waals surface area contributed by atoms with Gasteiger partial charge in [0.15, 0.2) is 5.66 Å². The van der Waals surface area contributed by atoms with E-state index < -0.39 is 82.9 Å². The molecular formula is C24H24F6N6O5. The number of likely N-dealkylation sites (tertiary alicyclic amines) is 1. The third-order valence-electron chi connectivity index (χ3n) is 7.78. The molecule has 1 aromatic rings. The number of aliphatic hydroxyl groups is 2. The molecule has 0 radical (unpaired) electrons. The van der Waals surface area contributed by atoms with Gasteiger partial charge in [-0.3, -0.25) is 19.3 Å². The summed E-state index contributed by atoms with van der Waals surface area (Å²) in [5, 5.41) is 33.7. The predicted molar refractivity (Wildman–Crippen MR) is 126 cm³/mol. The van der Waals surface area contributed by atoms with Gasteiger partial charge in [-0.05, 0) is 18.2 Å². The number of halogens is 6. The zero-order valence-corrected chi connectivity index (χ0v) is 21.0. The van der Waals surface area contributed by atoms with E-state index in [0.29, 0.717) is 0 Å². The molecule has 0 saturated carbocycles. The van der Waals surface area contributed by atoms with Gasteiger partial charge in [0, 0.05) is 19.4 Å². The molecule has 0 aliphatic carbocycles. The Kier molecular flexibility index (Phi) is 6.27. The maximum Gasteiger partial charge on any atom is 0.417 e. The maximum atomic E-state index is 13.6. The van der Waals surface area contributed by atoms with Crippen LogP contribution in [0.1, 0.15) is 34.3 Å². The van der Waals surface area contributed by atoms with Crippen LogP contribution in [0.4, 0.5) is 26.3 Å². The van der Waals surface area contributed by atoms with Crippen molar-refractivity contribution in [2.24, 2.45) is 0 Å². The SMILES string of the molecule is C=C1N[C@H]2[C@H](CN3C(=O)CCC3=O)NC(=C)N3C[C@H](NC(=O)c4cc(C(F)(F)F)ccc4C(F)(F)F)C(O)(O)[C@]23N1. The second kappa shape index (κ2) is 9.01. The highest BCUT2D eigenvalue weighted by Crippen LogP contribution is 2.46. The monoisotopic (exact) mass is 590 g/mol. The number of benzene rings is 1. The van der Waals surface area contributed by atoms with Gasteiger partial charge in [0.25, 0.3) is 5.91 Å². The first-order valence-electron chi connectivity index (χ1n) is 12.2. The lowest BCUT2D eigenvalue weighted by Crippen LogP contribution is -2.79. The lowest BCUT2D eigenvalue weighted by Gasteiger charge is -2.52. The van der Waals surface area contributed by atoms with Crippen LogP contribution in [0.25, 0.3) is 0 Å². The largest absolute Gasteiger partial charge is 0.417 e. The summed E-state index contributed by atoms with van der Waals surface area (Å²) in [6, 6.07) is -3.38. The second-order valence-electron chi connectivity index (χ2n) is 10.2. The van der Waals surface area contributed by atoms with E-state index in [0.717, 1.165) is 4.90 Å². The van der Waals surface area contributed by atoms with Crippen LogP contribution in [0, 0.1) is 0 Å². The van der Waals surface area contributed by atoms with E-state index in [2.05, 4.69) is 29.1 Å². The molecule has 222 valence electrons. The Labute approximate surface area is 227 Å². The van der Waals surface area contributed by atoms with Gasteiger partial charge >= 0.3 is 12.4 Å². The van der Waals surface area contributed by atoms with Crippen LogP contribution in [-0.4, -0.2) is 80.4 Å². The van der Waals surface area contributed by atoms with E-state index in [9.17, 15) is 50.9 Å². The summed E-state index contributed by atoms with van der Waals surface area (Å²) in [6.07, 6.45) is -10.3. The standard InChI is InChI=1S/C24H24F6N6O5/c1-10-31-19-15(8-35-17(37)5-6-18(35)38)32-11(2)36-9-16(22(40,41)21(19,36)34-10)33-20(39)13-7-12(23(25,26)27)3-4-14(13)24(28,29)30/h3-4,7,15-16,19,31-32,34,40-41H,1-2,5-6,8-9H2,(H,33,39)/t15-,16-,19-,21-/m0/s1. The second-order valence-corrected chi connectivity index (χ2v) is 10.2. The number of nitrogens with zero attached hydrogens (tertiary/aromatic N) is 2. The summed E-state index contributed by atoms with van der Waals surface area (Å²) in [5.41, 5.74) is -6.52. The molecule has 11 nitrogen and oxygen atoms in total. The Morgan fingerprint density at radius 1 is 1.05 bits per heavy atom. The molecule has 5 rings (SSSR count). The highest BCUT2D eigenvalue weighted by Gasteiger charge is 2.73. The normalized spacial score (nSPS) is 29.1. The van der Waals surface area contributed by atoms with Crippen LogP contribution in [0.5, 0.6) is 0 Å². The van der Waals surface area contributed by atoms with Gasteiger partial charge < -0.3 is 36.4 Å². The van der Waals surface area contributed by atoms with Gasteiger partial charge in [0.05, 0.1) is 47.0 Å². The molecule has 4 aliphatic heterocycles. The molecule has 3 amide bonds. The fourth-order valence-corrected chi connectivity index (χ4v) is 5.91. The lowest BCUT2D eigenvalue weighted by atomic mass is 9.84. The minimum Gasteiger partial charge on any atom is -0.365 e. The van der Waals surface area contributed by atoms with Gasteiger partial charge in [-0.1, -0.05) is 13.2 Å². The number of rotatable bonds is 4. The predicted octanol–water partition coefficient (Wildman–Crippen LogP) is 0.140. The van der Waals surface area contributed by atoms with Crippen molar-refractivity contribution in [1.82, 2.24) is 31.1 Å². The van der Waals surface area contributed by atoms with Gasteiger partial charge in [-0.25, -0.2) is 0 Å².